The summed E-state index contributed by atoms with van der Waals surface area (Å²) in [7, 11) is 2.78. The van der Waals surface area contributed by atoms with E-state index in [9.17, 15) is 0 Å². The molecule has 4 radical (unpaired) electrons. The van der Waals surface area contributed by atoms with Crippen molar-refractivity contribution < 1.29 is 104 Å². The molecule has 5 nitrogen and oxygen atoms in total. The van der Waals surface area contributed by atoms with Gasteiger partial charge < -0.3 is 28.6 Å². The van der Waals surface area contributed by atoms with E-state index in [1.165, 1.54) is 0 Å². The van der Waals surface area contributed by atoms with Gasteiger partial charge in [-0.2, -0.15) is 0 Å². The van der Waals surface area contributed by atoms with Gasteiger partial charge in [0.15, 0.2) is 0 Å². The molecule has 0 fully saturated rings. The Morgan fingerprint density at radius 3 is 1.88 bits per heavy atom. The first kappa shape index (κ1) is 36.5. The Morgan fingerprint density at radius 1 is 1.29 bits per heavy atom. The average molecular weight is 268 g/mol. The molecule has 0 aliphatic rings. The molecule has 0 amide bonds. The third-order valence-corrected chi connectivity index (χ3v) is 1.11. The van der Waals surface area contributed by atoms with Crippen molar-refractivity contribution in [1.29, 1.82) is 0 Å². The van der Waals surface area contributed by atoms with Crippen molar-refractivity contribution in [2.24, 2.45) is 0 Å². The van der Waals surface area contributed by atoms with Gasteiger partial charge in [-0.1, -0.05) is 15.1 Å². The summed E-state index contributed by atoms with van der Waals surface area (Å²) in [6.45, 7) is 0. The predicted molar refractivity (Wildman–Crippen MR) is 56.8 cm³/mol. The number of hydrogen-bond donors (Lipinski definition) is 1. The van der Waals surface area contributed by atoms with E-state index < -0.39 is 9.03 Å². The number of rotatable bonds is 1. The van der Waals surface area contributed by atoms with Gasteiger partial charge in [0.05, 0.1) is 0 Å². The molecule has 0 aromatic carbocycles. The minimum atomic E-state index is -1.17. The second-order valence-electron chi connectivity index (χ2n) is 2.17. The summed E-state index contributed by atoms with van der Waals surface area (Å²) < 4.78 is 0. The molecule has 1 aromatic rings. The molecular weight excluding hydrogens is 255 g/mol. The van der Waals surface area contributed by atoms with Gasteiger partial charge in [-0.25, -0.2) is 4.98 Å². The molecule has 80 valence electrons. The van der Waals surface area contributed by atoms with Crippen molar-refractivity contribution in [2.45, 2.75) is 0 Å². The molecule has 0 saturated heterocycles. The largest absolute Gasteiger partial charge is 1.00 e. The van der Waals surface area contributed by atoms with Crippen LogP contribution >= 0.6 is 9.03 Å². The molecule has 0 bridgehead atoms. The summed E-state index contributed by atoms with van der Waals surface area (Å²) >= 11 is 0. The molecule has 10 heteroatoms. The van der Waals surface area contributed by atoms with E-state index >= 15 is 0 Å². The van der Waals surface area contributed by atoms with Crippen LogP contribution < -0.4 is 98.9 Å². The van der Waals surface area contributed by atoms with Crippen molar-refractivity contribution in [1.82, 2.24) is 4.98 Å². The minimum absolute atomic E-state index is 0. The first-order valence-electron chi connectivity index (χ1n) is 3.32. The average Bonchev–Trinajstić information content (AvgIpc) is 2.07. The maximum Gasteiger partial charge on any atom is 1.00 e. The number of nitrogens with zero attached hydrogens (tertiary/aromatic N) is 2. The Hall–Kier alpha value is 2.16. The van der Waals surface area contributed by atoms with Crippen LogP contribution in [-0.2, 0) is 0 Å². The van der Waals surface area contributed by atoms with Crippen LogP contribution in [0.3, 0.4) is 0 Å². The summed E-state index contributed by atoms with van der Waals surface area (Å²) in [5.74, 6) is 0.998. The Kier molecular flexibility index (Phi) is 57.2. The van der Waals surface area contributed by atoms with Crippen LogP contribution in [0, 0.1) is 0 Å². The quantitative estimate of drug-likeness (QED) is 0.403. The van der Waals surface area contributed by atoms with Crippen molar-refractivity contribution in [3.8, 4) is 0 Å². The van der Waals surface area contributed by atoms with Gasteiger partial charge in [-0.3, -0.25) is 0 Å². The summed E-state index contributed by atoms with van der Waals surface area (Å²) in [4.78, 5) is 21.6. The molecule has 0 saturated carbocycles. The Labute approximate surface area is 173 Å². The van der Waals surface area contributed by atoms with Crippen LogP contribution in [0.5, 0.6) is 0 Å². The Balaban J connectivity index is -0.0000000349. The van der Waals surface area contributed by atoms with Crippen LogP contribution in [0.15, 0.2) is 24.4 Å². The van der Waals surface area contributed by atoms with Gasteiger partial charge >= 0.3 is 89.1 Å². The van der Waals surface area contributed by atoms with Crippen molar-refractivity contribution in [3.63, 3.8) is 0 Å². The van der Waals surface area contributed by atoms with Crippen molar-refractivity contribution in [2.75, 3.05) is 19.0 Å². The molecule has 1 aromatic heterocycles. The maximum atomic E-state index is 8.51. The summed E-state index contributed by atoms with van der Waals surface area (Å²) in [6, 6.07) is 5.86. The molecule has 2 N–H and O–H groups in total. The van der Waals surface area contributed by atoms with Gasteiger partial charge in [0.1, 0.15) is 5.82 Å². The monoisotopic (exact) mass is 268 g/mol. The molecular formula is C7H13BKLi2N2O3P. The number of anilines is 1. The van der Waals surface area contributed by atoms with Gasteiger partial charge in [0.2, 0.25) is 0 Å². The van der Waals surface area contributed by atoms with E-state index in [4.69, 9.17) is 9.79 Å². The van der Waals surface area contributed by atoms with Gasteiger partial charge in [0.25, 0.3) is 0 Å². The third-order valence-electron chi connectivity index (χ3n) is 1.11. The predicted octanol–water partition coefficient (Wildman–Crippen LogP) is -9.55. The summed E-state index contributed by atoms with van der Waals surface area (Å²) in [5, 5.41) is 0. The van der Waals surface area contributed by atoms with E-state index in [1.54, 1.807) is 6.20 Å². The van der Waals surface area contributed by atoms with E-state index in [0.717, 1.165) is 5.82 Å². The fraction of sp³-hybridized carbons (Fsp3) is 0.286. The number of hydrogen-bond acceptors (Lipinski definition) is 5. The smallest absolute Gasteiger partial charge is 1.00 e. The van der Waals surface area contributed by atoms with Crippen LogP contribution in [0.4, 0.5) is 5.82 Å². The van der Waals surface area contributed by atoms with Crippen LogP contribution in [0.2, 0.25) is 0 Å². The second kappa shape index (κ2) is 26.7. The molecule has 1 rings (SSSR count). The van der Waals surface area contributed by atoms with Crippen molar-refractivity contribution >= 4 is 23.3 Å². The van der Waals surface area contributed by atoms with E-state index in [2.05, 4.69) is 4.98 Å². The van der Waals surface area contributed by atoms with E-state index in [0.29, 0.717) is 0 Å². The minimum Gasteiger partial charge on any atom is -1.00 e. The zero-order valence-corrected chi connectivity index (χ0v) is 15.2. The standard InChI is InChI=1S/C7H10N2.B.K.2Li.H2O2P.H2O/c1-9(2)7-5-3-4-6-8-7;;;;;1-3-2;/h3-6H,1-2H3;;;;;1,3H;1H2/q;-1;3*+1;-1;/p-1. The summed E-state index contributed by atoms with van der Waals surface area (Å²) in [5.41, 5.74) is 0. The number of aromatic nitrogens is 1. The Morgan fingerprint density at radius 2 is 1.71 bits per heavy atom. The third kappa shape index (κ3) is 23.6. The number of pyridine rings is 1. The fourth-order valence-electron chi connectivity index (χ4n) is 0.618. The molecule has 1 heterocycles. The fourth-order valence-corrected chi connectivity index (χ4v) is 0.618. The molecule has 1 atom stereocenters. The Bertz CT molecular complexity index is 216. The van der Waals surface area contributed by atoms with Crippen LogP contribution in [0.25, 0.3) is 0 Å². The molecule has 1 unspecified atom stereocenters. The molecule has 0 spiro atoms. The van der Waals surface area contributed by atoms with Gasteiger partial charge in [-0.05, 0) is 12.1 Å². The first-order valence-corrected chi connectivity index (χ1v) is 4.17. The molecule has 0 aliphatic carbocycles. The van der Waals surface area contributed by atoms with Crippen LogP contribution in [-0.4, -0.2) is 37.9 Å². The van der Waals surface area contributed by atoms with Crippen molar-refractivity contribution in [3.05, 3.63) is 24.4 Å². The molecule has 0 aliphatic heterocycles. The normalized spacial score (nSPS) is 6.59. The SMILES string of the molecule is CN(C)c1ccccn1.[B-].[K+].[Li+].[Li+].[O-]PO.[OH-]. The van der Waals surface area contributed by atoms with Gasteiger partial charge in [0, 0.05) is 20.3 Å². The van der Waals surface area contributed by atoms with Gasteiger partial charge in [-0.15, -0.1) is 0 Å². The van der Waals surface area contributed by atoms with E-state index in [-0.39, 0.29) is 103 Å². The molecule has 17 heavy (non-hydrogen) atoms. The second-order valence-corrected chi connectivity index (χ2v) is 2.36. The topological polar surface area (TPSA) is 89.4 Å². The summed E-state index contributed by atoms with van der Waals surface area (Å²) in [6.07, 6.45) is 1.79. The van der Waals surface area contributed by atoms with Crippen LogP contribution in [0.1, 0.15) is 0 Å². The zero-order chi connectivity index (χ0) is 9.40. The first-order chi connectivity index (χ1) is 5.72. The zero-order valence-electron chi connectivity index (χ0n) is 11.1. The maximum absolute atomic E-state index is 8.51. The van der Waals surface area contributed by atoms with E-state index in [1.807, 2.05) is 37.2 Å².